The number of aromatic nitrogens is 3. The topological polar surface area (TPSA) is 75.1 Å². The van der Waals surface area contributed by atoms with E-state index in [9.17, 15) is 4.79 Å². The van der Waals surface area contributed by atoms with Crippen molar-refractivity contribution in [2.45, 2.75) is 0 Å². The molecule has 1 aliphatic rings. The Bertz CT molecular complexity index is 987. The molecule has 2 heterocycles. The van der Waals surface area contributed by atoms with Gasteiger partial charge in [0.05, 0.1) is 5.69 Å². The highest BCUT2D eigenvalue weighted by atomic mass is 32.1. The van der Waals surface area contributed by atoms with Gasteiger partial charge in [-0.2, -0.15) is 14.9 Å². The molecule has 3 aromatic rings. The minimum Gasteiger partial charge on any atom is -0.320 e. The molecule has 6 nitrogen and oxygen atoms in total. The van der Waals surface area contributed by atoms with Gasteiger partial charge in [-0.25, -0.2) is 5.10 Å². The molecule has 23 heavy (non-hydrogen) atoms. The molecule has 0 atom stereocenters. The molecule has 2 N–H and O–H groups in total. The van der Waals surface area contributed by atoms with Crippen LogP contribution in [0.3, 0.4) is 0 Å². The van der Waals surface area contributed by atoms with E-state index in [1.807, 2.05) is 54.6 Å². The van der Waals surface area contributed by atoms with Gasteiger partial charge in [0.15, 0.2) is 11.5 Å². The number of carbonyl (C=O) groups is 1. The standard InChI is InChI=1S/C16H11N5OS/c22-15-13(11-8-4-5-9-12(11)17-15)20-21-14(18-19-16(21)23)10-6-2-1-3-7-10/h1-9H,(H,19,23)(H,17,20,22). The molecule has 0 radical (unpaired) electrons. The summed E-state index contributed by atoms with van der Waals surface area (Å²) in [6, 6.07) is 16.9. The first kappa shape index (κ1) is 13.6. The summed E-state index contributed by atoms with van der Waals surface area (Å²) >= 11 is 5.25. The first-order valence-corrected chi connectivity index (χ1v) is 7.37. The molecule has 1 aromatic heterocycles. The van der Waals surface area contributed by atoms with Crippen molar-refractivity contribution in [1.82, 2.24) is 14.9 Å². The number of hydrogen-bond donors (Lipinski definition) is 2. The zero-order valence-electron chi connectivity index (χ0n) is 11.9. The minimum absolute atomic E-state index is 0.256. The Morgan fingerprint density at radius 1 is 1.04 bits per heavy atom. The zero-order valence-corrected chi connectivity index (χ0v) is 12.7. The van der Waals surface area contributed by atoms with Crippen LogP contribution in [0.5, 0.6) is 0 Å². The predicted molar refractivity (Wildman–Crippen MR) is 89.9 cm³/mol. The van der Waals surface area contributed by atoms with Crippen LogP contribution in [-0.4, -0.2) is 26.5 Å². The smallest absolute Gasteiger partial charge is 0.276 e. The summed E-state index contributed by atoms with van der Waals surface area (Å²) in [5, 5.41) is 14.2. The number of hydrogen-bond acceptors (Lipinski definition) is 4. The van der Waals surface area contributed by atoms with Crippen molar-refractivity contribution in [2.75, 3.05) is 5.32 Å². The van der Waals surface area contributed by atoms with E-state index in [1.54, 1.807) is 0 Å². The second-order valence-electron chi connectivity index (χ2n) is 4.98. The summed E-state index contributed by atoms with van der Waals surface area (Å²) in [5.74, 6) is 0.300. The number of anilines is 1. The Hall–Kier alpha value is -3.06. The number of aromatic amines is 1. The molecule has 2 aromatic carbocycles. The fourth-order valence-electron chi connectivity index (χ4n) is 2.46. The van der Waals surface area contributed by atoms with E-state index in [4.69, 9.17) is 12.2 Å². The van der Waals surface area contributed by atoms with E-state index >= 15 is 0 Å². The average Bonchev–Trinajstić information content (AvgIpc) is 3.10. The Morgan fingerprint density at radius 3 is 2.61 bits per heavy atom. The van der Waals surface area contributed by atoms with Crippen LogP contribution in [0.25, 0.3) is 11.4 Å². The van der Waals surface area contributed by atoms with Crippen molar-refractivity contribution in [1.29, 1.82) is 0 Å². The van der Waals surface area contributed by atoms with Gasteiger partial charge in [0, 0.05) is 11.1 Å². The van der Waals surface area contributed by atoms with Gasteiger partial charge < -0.3 is 5.32 Å². The molecule has 0 spiro atoms. The van der Waals surface area contributed by atoms with E-state index in [1.165, 1.54) is 4.68 Å². The monoisotopic (exact) mass is 321 g/mol. The molecule has 0 bridgehead atoms. The zero-order chi connectivity index (χ0) is 15.8. The summed E-state index contributed by atoms with van der Waals surface area (Å²) in [5.41, 5.74) is 2.67. The molecule has 4 rings (SSSR count). The van der Waals surface area contributed by atoms with E-state index < -0.39 is 0 Å². The molecular formula is C16H11N5OS. The lowest BCUT2D eigenvalue weighted by Crippen LogP contribution is -2.16. The number of nitrogens with zero attached hydrogens (tertiary/aromatic N) is 3. The molecule has 0 aliphatic carbocycles. The average molecular weight is 321 g/mol. The van der Waals surface area contributed by atoms with Crippen LogP contribution in [0.2, 0.25) is 0 Å². The number of H-pyrrole nitrogens is 1. The van der Waals surface area contributed by atoms with Crippen LogP contribution in [0.4, 0.5) is 5.69 Å². The van der Waals surface area contributed by atoms with Gasteiger partial charge in [0.2, 0.25) is 4.77 Å². The van der Waals surface area contributed by atoms with Gasteiger partial charge in [-0.3, -0.25) is 4.79 Å². The highest BCUT2D eigenvalue weighted by molar-refractivity contribution is 7.71. The third kappa shape index (κ3) is 2.27. The van der Waals surface area contributed by atoms with Crippen molar-refractivity contribution >= 4 is 29.5 Å². The number of nitrogens with one attached hydrogen (secondary N) is 2. The van der Waals surface area contributed by atoms with Crippen molar-refractivity contribution < 1.29 is 4.79 Å². The van der Waals surface area contributed by atoms with Crippen LogP contribution in [-0.2, 0) is 4.79 Å². The molecule has 7 heteroatoms. The maximum Gasteiger partial charge on any atom is 0.276 e. The van der Waals surface area contributed by atoms with Crippen LogP contribution in [0.15, 0.2) is 59.7 Å². The minimum atomic E-state index is -0.256. The highest BCUT2D eigenvalue weighted by Crippen LogP contribution is 2.24. The van der Waals surface area contributed by atoms with Crippen molar-refractivity contribution in [3.63, 3.8) is 0 Å². The van der Waals surface area contributed by atoms with Crippen molar-refractivity contribution in [2.24, 2.45) is 5.10 Å². The van der Waals surface area contributed by atoms with Gasteiger partial charge in [-0.15, -0.1) is 0 Å². The molecule has 0 saturated carbocycles. The number of amides is 1. The molecule has 0 unspecified atom stereocenters. The summed E-state index contributed by atoms with van der Waals surface area (Å²) in [4.78, 5) is 12.2. The number of para-hydroxylation sites is 1. The second-order valence-corrected chi connectivity index (χ2v) is 5.37. The van der Waals surface area contributed by atoms with E-state index in [0.29, 0.717) is 16.3 Å². The third-order valence-corrected chi connectivity index (χ3v) is 3.79. The van der Waals surface area contributed by atoms with Gasteiger partial charge >= 0.3 is 0 Å². The molecule has 0 fully saturated rings. The SMILES string of the molecule is O=C1Nc2ccccc2/C1=N\n1c(-c2ccccc2)n[nH]c1=S. The summed E-state index contributed by atoms with van der Waals surface area (Å²) in [6.07, 6.45) is 0. The first-order valence-electron chi connectivity index (χ1n) is 6.96. The van der Waals surface area contributed by atoms with Gasteiger partial charge in [0.1, 0.15) is 0 Å². The van der Waals surface area contributed by atoms with Crippen LogP contribution >= 0.6 is 12.2 Å². The lowest BCUT2D eigenvalue weighted by Gasteiger charge is -2.02. The number of rotatable bonds is 2. The maximum absolute atomic E-state index is 12.2. The van der Waals surface area contributed by atoms with Gasteiger partial charge in [0.25, 0.3) is 5.91 Å². The Balaban J connectivity index is 1.89. The Morgan fingerprint density at radius 2 is 1.78 bits per heavy atom. The molecule has 0 saturated heterocycles. The van der Waals surface area contributed by atoms with Gasteiger partial charge in [-0.05, 0) is 18.3 Å². The quantitative estimate of drug-likeness (QED) is 0.713. The fourth-order valence-corrected chi connectivity index (χ4v) is 2.63. The Kier molecular flexibility index (Phi) is 3.13. The molecular weight excluding hydrogens is 310 g/mol. The maximum atomic E-state index is 12.2. The molecule has 1 aliphatic heterocycles. The normalized spacial score (nSPS) is 14.8. The van der Waals surface area contributed by atoms with E-state index in [-0.39, 0.29) is 5.91 Å². The third-order valence-electron chi connectivity index (χ3n) is 3.53. The second kappa shape index (κ2) is 5.29. The first-order chi connectivity index (χ1) is 11.2. The molecule has 112 valence electrons. The van der Waals surface area contributed by atoms with Crippen LogP contribution in [0.1, 0.15) is 5.56 Å². The number of fused-ring (bicyclic) bond motifs is 1. The molecule has 1 amide bonds. The fraction of sp³-hybridized carbons (Fsp3) is 0. The van der Waals surface area contributed by atoms with E-state index in [2.05, 4.69) is 20.6 Å². The number of benzene rings is 2. The van der Waals surface area contributed by atoms with E-state index in [0.717, 1.165) is 16.8 Å². The highest BCUT2D eigenvalue weighted by Gasteiger charge is 2.26. The summed E-state index contributed by atoms with van der Waals surface area (Å²) < 4.78 is 1.80. The van der Waals surface area contributed by atoms with Crippen molar-refractivity contribution in [3.8, 4) is 11.4 Å². The lowest BCUT2D eigenvalue weighted by molar-refractivity contribution is -0.110. The van der Waals surface area contributed by atoms with Crippen LogP contribution < -0.4 is 5.32 Å². The largest absolute Gasteiger partial charge is 0.320 e. The lowest BCUT2D eigenvalue weighted by atomic mass is 10.1. The summed E-state index contributed by atoms with van der Waals surface area (Å²) in [7, 11) is 0. The van der Waals surface area contributed by atoms with Crippen LogP contribution in [0, 0.1) is 4.77 Å². The number of carbonyl (C=O) groups excluding carboxylic acids is 1. The van der Waals surface area contributed by atoms with Gasteiger partial charge in [-0.1, -0.05) is 48.5 Å². The van der Waals surface area contributed by atoms with Crippen molar-refractivity contribution in [3.05, 3.63) is 64.9 Å². The predicted octanol–water partition coefficient (Wildman–Crippen LogP) is 2.81. The Labute approximate surface area is 136 Å². The summed E-state index contributed by atoms with van der Waals surface area (Å²) in [6.45, 7) is 0.